The number of benzene rings is 1. The molecule has 0 aliphatic carbocycles. The quantitative estimate of drug-likeness (QED) is 0.484. The average molecular weight is 406 g/mol. The average Bonchev–Trinajstić information content (AvgIpc) is 2.72. The van der Waals surface area contributed by atoms with E-state index in [9.17, 15) is 0 Å². The van der Waals surface area contributed by atoms with Gasteiger partial charge in [-0.1, -0.05) is 19.9 Å². The van der Waals surface area contributed by atoms with Crippen LogP contribution >= 0.6 is 0 Å². The number of likely N-dealkylation sites (N-methyl/N-ethyl adjacent to an activating group) is 1. The summed E-state index contributed by atoms with van der Waals surface area (Å²) in [7, 11) is 5.50. The second-order valence-corrected chi connectivity index (χ2v) is 7.92. The van der Waals surface area contributed by atoms with E-state index in [4.69, 9.17) is 14.5 Å². The van der Waals surface area contributed by atoms with Crippen LogP contribution in [-0.2, 0) is 6.54 Å². The molecule has 0 aromatic heterocycles. The Hall–Kier alpha value is -1.99. The van der Waals surface area contributed by atoms with Crippen LogP contribution in [-0.4, -0.2) is 82.3 Å². The fourth-order valence-electron chi connectivity index (χ4n) is 3.63. The fourth-order valence-corrected chi connectivity index (χ4v) is 3.63. The van der Waals surface area contributed by atoms with Gasteiger partial charge in [-0.25, -0.2) is 4.99 Å². The molecule has 1 aliphatic rings. The van der Waals surface area contributed by atoms with E-state index in [0.717, 1.165) is 62.3 Å². The summed E-state index contributed by atoms with van der Waals surface area (Å²) in [4.78, 5) is 9.78. The number of hydrogen-bond donors (Lipinski definition) is 2. The minimum absolute atomic E-state index is 0.494. The maximum atomic E-state index is 5.40. The van der Waals surface area contributed by atoms with Crippen LogP contribution in [0.3, 0.4) is 0 Å². The lowest BCUT2D eigenvalue weighted by Gasteiger charge is -2.40. The van der Waals surface area contributed by atoms with Gasteiger partial charge in [-0.3, -0.25) is 4.90 Å². The highest BCUT2D eigenvalue weighted by atomic mass is 16.5. The summed E-state index contributed by atoms with van der Waals surface area (Å²) in [5.41, 5.74) is 1.08. The van der Waals surface area contributed by atoms with Gasteiger partial charge in [-0.05, 0) is 37.6 Å². The van der Waals surface area contributed by atoms with Gasteiger partial charge < -0.3 is 25.0 Å². The summed E-state index contributed by atoms with van der Waals surface area (Å²) in [5, 5.41) is 6.92. The van der Waals surface area contributed by atoms with Gasteiger partial charge in [0.05, 0.1) is 20.8 Å². The van der Waals surface area contributed by atoms with E-state index in [-0.39, 0.29) is 0 Å². The molecular weight excluding hydrogens is 366 g/mol. The topological polar surface area (TPSA) is 61.4 Å². The van der Waals surface area contributed by atoms with Gasteiger partial charge in [0.1, 0.15) is 0 Å². The Balaban J connectivity index is 2.00. The van der Waals surface area contributed by atoms with Crippen LogP contribution in [0.5, 0.6) is 11.5 Å². The first-order valence-corrected chi connectivity index (χ1v) is 10.6. The first kappa shape index (κ1) is 23.3. The number of hydrogen-bond acceptors (Lipinski definition) is 5. The summed E-state index contributed by atoms with van der Waals surface area (Å²) in [6.45, 7) is 13.5. The molecule has 2 rings (SSSR count). The zero-order chi connectivity index (χ0) is 21.2. The highest BCUT2D eigenvalue weighted by Gasteiger charge is 2.25. The predicted molar refractivity (Wildman–Crippen MR) is 120 cm³/mol. The summed E-state index contributed by atoms with van der Waals surface area (Å²) in [6, 6.07) is 6.42. The molecule has 7 heteroatoms. The molecular formula is C22H39N5O2. The van der Waals surface area contributed by atoms with Crippen LogP contribution in [0.25, 0.3) is 0 Å². The molecule has 1 atom stereocenters. The van der Waals surface area contributed by atoms with Crippen molar-refractivity contribution in [1.29, 1.82) is 0 Å². The SMILES string of the molecule is CCNC(=NCc1ccc(OC)c(OC)c1)NCC(C(C)C)N1CCN(C)CC1. The van der Waals surface area contributed by atoms with Crippen molar-refractivity contribution in [2.45, 2.75) is 33.4 Å². The Bertz CT molecular complexity index is 642. The molecule has 1 fully saturated rings. The molecule has 1 unspecified atom stereocenters. The van der Waals surface area contributed by atoms with Crippen molar-refractivity contribution in [2.24, 2.45) is 10.9 Å². The van der Waals surface area contributed by atoms with Gasteiger partial charge in [0.25, 0.3) is 0 Å². The number of methoxy groups -OCH3 is 2. The van der Waals surface area contributed by atoms with Crippen LogP contribution in [0, 0.1) is 5.92 Å². The van der Waals surface area contributed by atoms with Gasteiger partial charge in [-0.2, -0.15) is 0 Å². The van der Waals surface area contributed by atoms with Crippen LogP contribution in [0.2, 0.25) is 0 Å². The summed E-state index contributed by atoms with van der Waals surface area (Å²) in [6.07, 6.45) is 0. The van der Waals surface area contributed by atoms with Crippen LogP contribution in [0.15, 0.2) is 23.2 Å². The van der Waals surface area contributed by atoms with Crippen molar-refractivity contribution in [3.63, 3.8) is 0 Å². The molecule has 1 aliphatic heterocycles. The third-order valence-corrected chi connectivity index (χ3v) is 5.47. The molecule has 1 saturated heterocycles. The smallest absolute Gasteiger partial charge is 0.191 e. The fraction of sp³-hybridized carbons (Fsp3) is 0.682. The molecule has 164 valence electrons. The largest absolute Gasteiger partial charge is 0.493 e. The second kappa shape index (κ2) is 11.9. The van der Waals surface area contributed by atoms with Gasteiger partial charge in [0.15, 0.2) is 17.5 Å². The number of ether oxygens (including phenoxy) is 2. The molecule has 1 aromatic rings. The van der Waals surface area contributed by atoms with E-state index in [0.29, 0.717) is 18.5 Å². The standard InChI is InChI=1S/C22H39N5O2/c1-7-23-22(24-15-18-8-9-20(28-5)21(14-18)29-6)25-16-19(17(2)3)27-12-10-26(4)11-13-27/h8-9,14,17,19H,7,10-13,15-16H2,1-6H3,(H2,23,24,25). The van der Waals surface area contributed by atoms with Crippen molar-refractivity contribution < 1.29 is 9.47 Å². The first-order valence-electron chi connectivity index (χ1n) is 10.6. The number of guanidine groups is 1. The van der Waals surface area contributed by atoms with Crippen molar-refractivity contribution >= 4 is 5.96 Å². The number of nitrogens with zero attached hydrogens (tertiary/aromatic N) is 3. The van der Waals surface area contributed by atoms with E-state index in [1.807, 2.05) is 18.2 Å². The van der Waals surface area contributed by atoms with Crippen LogP contribution in [0.1, 0.15) is 26.3 Å². The Morgan fingerprint density at radius 3 is 2.34 bits per heavy atom. The van der Waals surface area contributed by atoms with Crippen LogP contribution in [0.4, 0.5) is 0 Å². The van der Waals surface area contributed by atoms with Gasteiger partial charge in [0, 0.05) is 45.3 Å². The third kappa shape index (κ3) is 7.08. The molecule has 0 amide bonds. The van der Waals surface area contributed by atoms with Crippen molar-refractivity contribution in [3.8, 4) is 11.5 Å². The molecule has 29 heavy (non-hydrogen) atoms. The second-order valence-electron chi connectivity index (χ2n) is 7.92. The molecule has 0 saturated carbocycles. The lowest BCUT2D eigenvalue weighted by atomic mass is 10.0. The lowest BCUT2D eigenvalue weighted by molar-refractivity contribution is 0.0900. The highest BCUT2D eigenvalue weighted by Crippen LogP contribution is 2.27. The number of rotatable bonds is 9. The molecule has 1 heterocycles. The van der Waals surface area contributed by atoms with Crippen molar-refractivity contribution in [2.75, 3.05) is 60.5 Å². The normalized spacial score (nSPS) is 17.3. The summed E-state index contributed by atoms with van der Waals surface area (Å²) < 4.78 is 10.7. The Labute approximate surface area is 176 Å². The van der Waals surface area contributed by atoms with Crippen molar-refractivity contribution in [1.82, 2.24) is 20.4 Å². The summed E-state index contributed by atoms with van der Waals surface area (Å²) >= 11 is 0. The Morgan fingerprint density at radius 2 is 1.76 bits per heavy atom. The van der Waals surface area contributed by atoms with E-state index in [2.05, 4.69) is 48.3 Å². The van der Waals surface area contributed by atoms with Gasteiger partial charge >= 0.3 is 0 Å². The molecule has 1 aromatic carbocycles. The monoisotopic (exact) mass is 405 g/mol. The minimum Gasteiger partial charge on any atom is -0.493 e. The Morgan fingerprint density at radius 1 is 1.07 bits per heavy atom. The lowest BCUT2D eigenvalue weighted by Crippen LogP contribution is -2.55. The van der Waals surface area contributed by atoms with E-state index >= 15 is 0 Å². The maximum Gasteiger partial charge on any atom is 0.191 e. The van der Waals surface area contributed by atoms with E-state index in [1.165, 1.54) is 0 Å². The van der Waals surface area contributed by atoms with Crippen molar-refractivity contribution in [3.05, 3.63) is 23.8 Å². The zero-order valence-corrected chi connectivity index (χ0v) is 19.0. The molecule has 2 N–H and O–H groups in total. The molecule has 7 nitrogen and oxygen atoms in total. The number of aliphatic imine (C=N–C) groups is 1. The maximum absolute atomic E-state index is 5.40. The molecule has 0 spiro atoms. The van der Waals surface area contributed by atoms with Crippen LogP contribution < -0.4 is 20.1 Å². The number of piperazine rings is 1. The van der Waals surface area contributed by atoms with E-state index in [1.54, 1.807) is 14.2 Å². The zero-order valence-electron chi connectivity index (χ0n) is 19.0. The minimum atomic E-state index is 0.494. The molecule has 0 bridgehead atoms. The van der Waals surface area contributed by atoms with E-state index < -0.39 is 0 Å². The number of nitrogens with one attached hydrogen (secondary N) is 2. The Kier molecular flexibility index (Phi) is 9.54. The molecule has 0 radical (unpaired) electrons. The summed E-state index contributed by atoms with van der Waals surface area (Å²) in [5.74, 6) is 2.90. The third-order valence-electron chi connectivity index (χ3n) is 5.47. The van der Waals surface area contributed by atoms with Gasteiger partial charge in [-0.15, -0.1) is 0 Å². The van der Waals surface area contributed by atoms with Gasteiger partial charge in [0.2, 0.25) is 0 Å². The highest BCUT2D eigenvalue weighted by molar-refractivity contribution is 5.79. The first-order chi connectivity index (χ1) is 14.0. The predicted octanol–water partition coefficient (Wildman–Crippen LogP) is 2.03.